The molecule has 0 saturated heterocycles. The molecule has 19 heavy (non-hydrogen) atoms. The number of aromatic nitrogens is 2. The van der Waals surface area contributed by atoms with E-state index in [4.69, 9.17) is 5.11 Å². The lowest BCUT2D eigenvalue weighted by molar-refractivity contribution is 0.0697. The van der Waals surface area contributed by atoms with Crippen LogP contribution in [0.5, 0.6) is 0 Å². The highest BCUT2D eigenvalue weighted by Gasteiger charge is 2.12. The van der Waals surface area contributed by atoms with Crippen LogP contribution in [0.15, 0.2) is 40.4 Å². The predicted octanol–water partition coefficient (Wildman–Crippen LogP) is 0.584. The van der Waals surface area contributed by atoms with Gasteiger partial charge in [0.15, 0.2) is 0 Å². The lowest BCUT2D eigenvalue weighted by Gasteiger charge is -2.09. The second kappa shape index (κ2) is 4.56. The quantitative estimate of drug-likeness (QED) is 0.819. The van der Waals surface area contributed by atoms with Crippen molar-refractivity contribution in [2.24, 2.45) is 7.05 Å². The van der Waals surface area contributed by atoms with E-state index in [0.717, 1.165) is 4.57 Å². The molecule has 1 aromatic heterocycles. The molecule has 0 aliphatic carbocycles. The number of rotatable bonds is 3. The van der Waals surface area contributed by atoms with E-state index in [1.54, 1.807) is 0 Å². The van der Waals surface area contributed by atoms with Gasteiger partial charge in [-0.1, -0.05) is 6.08 Å². The van der Waals surface area contributed by atoms with Crippen LogP contribution in [0, 0.1) is 0 Å². The van der Waals surface area contributed by atoms with Crippen LogP contribution < -0.4 is 11.2 Å². The Morgan fingerprint density at radius 1 is 1.42 bits per heavy atom. The van der Waals surface area contributed by atoms with E-state index in [1.165, 1.54) is 35.9 Å². The Kier molecular flexibility index (Phi) is 3.08. The Bertz CT molecular complexity index is 799. The van der Waals surface area contributed by atoms with Gasteiger partial charge in [-0.05, 0) is 18.2 Å². The number of hydrogen-bond acceptors (Lipinski definition) is 3. The highest BCUT2D eigenvalue weighted by atomic mass is 16.4. The number of benzene rings is 1. The summed E-state index contributed by atoms with van der Waals surface area (Å²) in [4.78, 5) is 35.1. The van der Waals surface area contributed by atoms with Gasteiger partial charge < -0.3 is 5.11 Å². The van der Waals surface area contributed by atoms with Gasteiger partial charge in [0.05, 0.1) is 16.5 Å². The number of carbonyl (C=O) groups is 1. The molecular formula is C13H12N2O4. The van der Waals surface area contributed by atoms with Gasteiger partial charge >= 0.3 is 11.7 Å². The molecule has 0 amide bonds. The summed E-state index contributed by atoms with van der Waals surface area (Å²) in [5.41, 5.74) is -0.560. The van der Waals surface area contributed by atoms with Crippen LogP contribution in [0.3, 0.4) is 0 Å². The third-order valence-corrected chi connectivity index (χ3v) is 2.91. The molecule has 0 saturated carbocycles. The SMILES string of the molecule is C=CCn1c(=O)c2cc(C(=O)O)ccc2n(C)c1=O. The number of fused-ring (bicyclic) bond motifs is 1. The van der Waals surface area contributed by atoms with Crippen LogP contribution in [0.25, 0.3) is 10.9 Å². The standard InChI is InChI=1S/C13H12N2O4/c1-3-6-15-11(16)9-7-8(12(17)18)4-5-10(9)14(2)13(15)19/h3-5,7H,1,6H2,2H3,(H,17,18). The smallest absolute Gasteiger partial charge is 0.335 e. The molecule has 0 bridgehead atoms. The summed E-state index contributed by atoms with van der Waals surface area (Å²) in [6, 6.07) is 4.10. The van der Waals surface area contributed by atoms with Crippen LogP contribution in [-0.2, 0) is 13.6 Å². The van der Waals surface area contributed by atoms with E-state index < -0.39 is 17.2 Å². The van der Waals surface area contributed by atoms with E-state index in [1.807, 2.05) is 0 Å². The van der Waals surface area contributed by atoms with E-state index in [2.05, 4.69) is 6.58 Å². The molecule has 2 aromatic rings. The highest BCUT2D eigenvalue weighted by Crippen LogP contribution is 2.10. The molecule has 0 fully saturated rings. The molecule has 0 aliphatic heterocycles. The van der Waals surface area contributed by atoms with E-state index in [-0.39, 0.29) is 17.5 Å². The number of carboxylic acid groups (broad SMARTS) is 1. The maximum Gasteiger partial charge on any atom is 0.335 e. The maximum absolute atomic E-state index is 12.2. The number of carboxylic acids is 1. The number of nitrogens with zero attached hydrogens (tertiary/aromatic N) is 2. The molecule has 0 spiro atoms. The Morgan fingerprint density at radius 2 is 2.11 bits per heavy atom. The Labute approximate surface area is 107 Å². The average molecular weight is 260 g/mol. The van der Waals surface area contributed by atoms with Crippen molar-refractivity contribution in [1.29, 1.82) is 0 Å². The molecule has 2 rings (SSSR count). The average Bonchev–Trinajstić information content (AvgIpc) is 2.40. The number of aryl methyl sites for hydroxylation is 1. The van der Waals surface area contributed by atoms with Crippen LogP contribution >= 0.6 is 0 Å². The van der Waals surface area contributed by atoms with Gasteiger partial charge in [0.1, 0.15) is 0 Å². The molecule has 6 heteroatoms. The molecule has 0 atom stereocenters. The van der Waals surface area contributed by atoms with Crippen molar-refractivity contribution in [3.63, 3.8) is 0 Å². The lowest BCUT2D eigenvalue weighted by atomic mass is 10.1. The minimum Gasteiger partial charge on any atom is -0.478 e. The van der Waals surface area contributed by atoms with Crippen molar-refractivity contribution >= 4 is 16.9 Å². The third kappa shape index (κ3) is 1.97. The van der Waals surface area contributed by atoms with Gasteiger partial charge in [-0.25, -0.2) is 9.59 Å². The first kappa shape index (κ1) is 12.8. The second-order valence-corrected chi connectivity index (χ2v) is 4.08. The van der Waals surface area contributed by atoms with Crippen LogP contribution in [0.1, 0.15) is 10.4 Å². The number of hydrogen-bond donors (Lipinski definition) is 1. The highest BCUT2D eigenvalue weighted by molar-refractivity contribution is 5.93. The summed E-state index contributed by atoms with van der Waals surface area (Å²) in [6.45, 7) is 3.57. The van der Waals surface area contributed by atoms with E-state index in [0.29, 0.717) is 5.52 Å². The van der Waals surface area contributed by atoms with Crippen molar-refractivity contribution in [3.8, 4) is 0 Å². The third-order valence-electron chi connectivity index (χ3n) is 2.91. The molecule has 1 heterocycles. The van der Waals surface area contributed by atoms with Crippen molar-refractivity contribution in [2.75, 3.05) is 0 Å². The topological polar surface area (TPSA) is 81.3 Å². The molecule has 98 valence electrons. The second-order valence-electron chi connectivity index (χ2n) is 4.08. The van der Waals surface area contributed by atoms with Crippen LogP contribution in [0.2, 0.25) is 0 Å². The zero-order valence-electron chi connectivity index (χ0n) is 10.3. The first-order valence-corrected chi connectivity index (χ1v) is 5.55. The van der Waals surface area contributed by atoms with Crippen molar-refractivity contribution < 1.29 is 9.90 Å². The van der Waals surface area contributed by atoms with Gasteiger partial charge in [-0.15, -0.1) is 6.58 Å². The Morgan fingerprint density at radius 3 is 2.68 bits per heavy atom. The molecule has 1 aromatic carbocycles. The zero-order chi connectivity index (χ0) is 14.2. The number of aromatic carboxylic acids is 1. The summed E-state index contributed by atoms with van der Waals surface area (Å²) < 4.78 is 2.33. The summed E-state index contributed by atoms with van der Waals surface area (Å²) >= 11 is 0. The van der Waals surface area contributed by atoms with Gasteiger partial charge in [0, 0.05) is 13.6 Å². The van der Waals surface area contributed by atoms with Crippen molar-refractivity contribution in [1.82, 2.24) is 9.13 Å². The molecule has 0 unspecified atom stereocenters. The van der Waals surface area contributed by atoms with E-state index >= 15 is 0 Å². The molecule has 6 nitrogen and oxygen atoms in total. The fourth-order valence-corrected chi connectivity index (χ4v) is 1.94. The van der Waals surface area contributed by atoms with E-state index in [9.17, 15) is 14.4 Å². The monoisotopic (exact) mass is 260 g/mol. The molecule has 0 radical (unpaired) electrons. The Hall–Kier alpha value is -2.63. The summed E-state index contributed by atoms with van der Waals surface area (Å²) in [5.74, 6) is -1.12. The number of allylic oxidation sites excluding steroid dienone is 1. The molecular weight excluding hydrogens is 248 g/mol. The van der Waals surface area contributed by atoms with Gasteiger partial charge in [-0.3, -0.25) is 13.9 Å². The van der Waals surface area contributed by atoms with Crippen LogP contribution in [0.4, 0.5) is 0 Å². The fourth-order valence-electron chi connectivity index (χ4n) is 1.94. The minimum atomic E-state index is -1.12. The van der Waals surface area contributed by atoms with Gasteiger partial charge in [0.2, 0.25) is 0 Å². The first-order chi connectivity index (χ1) is 8.97. The van der Waals surface area contributed by atoms with Crippen molar-refractivity contribution in [3.05, 3.63) is 57.3 Å². The largest absolute Gasteiger partial charge is 0.478 e. The minimum absolute atomic E-state index is 0.00778. The maximum atomic E-state index is 12.2. The van der Waals surface area contributed by atoms with Crippen molar-refractivity contribution in [2.45, 2.75) is 6.54 Å². The normalized spacial score (nSPS) is 10.6. The fraction of sp³-hybridized carbons (Fsp3) is 0.154. The Balaban J connectivity index is 2.95. The summed E-state index contributed by atoms with van der Waals surface area (Å²) in [5, 5.41) is 9.14. The summed E-state index contributed by atoms with van der Waals surface area (Å²) in [6.07, 6.45) is 1.44. The predicted molar refractivity (Wildman–Crippen MR) is 70.6 cm³/mol. The van der Waals surface area contributed by atoms with Gasteiger partial charge in [0.25, 0.3) is 5.56 Å². The molecule has 1 N–H and O–H groups in total. The summed E-state index contributed by atoms with van der Waals surface area (Å²) in [7, 11) is 1.53. The lowest BCUT2D eigenvalue weighted by Crippen LogP contribution is -2.38. The zero-order valence-corrected chi connectivity index (χ0v) is 10.3. The first-order valence-electron chi connectivity index (χ1n) is 5.55. The van der Waals surface area contributed by atoms with Crippen LogP contribution in [-0.4, -0.2) is 20.2 Å². The molecule has 0 aliphatic rings. The van der Waals surface area contributed by atoms with Gasteiger partial charge in [-0.2, -0.15) is 0 Å².